The summed E-state index contributed by atoms with van der Waals surface area (Å²) in [5.41, 5.74) is 3.82. The molecule has 1 saturated heterocycles. The van der Waals surface area contributed by atoms with Gasteiger partial charge in [-0.3, -0.25) is 4.79 Å². The molecule has 2 aliphatic carbocycles. The second-order valence-corrected chi connectivity index (χ2v) is 10.7. The summed E-state index contributed by atoms with van der Waals surface area (Å²) in [4.78, 5) is 28.1. The molecule has 0 bridgehead atoms. The van der Waals surface area contributed by atoms with Crippen LogP contribution < -0.4 is 0 Å². The standard InChI is InChI=1S/C29H39N3O3/c1-3-8-24-12-4-5-16-31(24)28(33)23-11-6-9-21(17-23)22-10-7-13-25(18-22)32-27(20-14-15-20)26(19-30-32)29(34)35-2/h7,10,13,18-21,23-24H,3-6,8-9,11-12,14-17H2,1-2H3/t21-,23+,24?/m1/s1. The molecule has 2 aromatic rings. The number of benzene rings is 1. The number of likely N-dealkylation sites (tertiary alicyclic amines) is 1. The molecule has 2 heterocycles. The zero-order valence-corrected chi connectivity index (χ0v) is 21.2. The number of carbonyl (C=O) groups excluding carboxylic acids is 2. The van der Waals surface area contributed by atoms with Gasteiger partial charge in [0.15, 0.2) is 0 Å². The number of rotatable bonds is 7. The van der Waals surface area contributed by atoms with E-state index in [-0.39, 0.29) is 11.9 Å². The van der Waals surface area contributed by atoms with Crippen LogP contribution in [0.1, 0.15) is 111 Å². The molecule has 5 rings (SSSR count). The Hall–Kier alpha value is -2.63. The van der Waals surface area contributed by atoms with Crippen LogP contribution in [0, 0.1) is 5.92 Å². The van der Waals surface area contributed by atoms with Crippen LogP contribution in [0.15, 0.2) is 30.5 Å². The van der Waals surface area contributed by atoms with Gasteiger partial charge in [0.05, 0.1) is 24.7 Å². The molecule has 1 unspecified atom stereocenters. The van der Waals surface area contributed by atoms with Crippen molar-refractivity contribution in [2.45, 2.75) is 95.4 Å². The Kier molecular flexibility index (Phi) is 7.26. The van der Waals surface area contributed by atoms with E-state index in [0.29, 0.717) is 29.3 Å². The molecular weight excluding hydrogens is 438 g/mol. The van der Waals surface area contributed by atoms with Gasteiger partial charge in [-0.2, -0.15) is 5.10 Å². The topological polar surface area (TPSA) is 64.4 Å². The first-order valence-electron chi connectivity index (χ1n) is 13.7. The number of piperidine rings is 1. The van der Waals surface area contributed by atoms with Crippen LogP contribution in [0.3, 0.4) is 0 Å². The minimum absolute atomic E-state index is 0.132. The minimum atomic E-state index is -0.318. The zero-order valence-electron chi connectivity index (χ0n) is 21.2. The summed E-state index contributed by atoms with van der Waals surface area (Å²) < 4.78 is 6.93. The molecule has 1 aromatic carbocycles. The van der Waals surface area contributed by atoms with Crippen LogP contribution in [-0.4, -0.2) is 46.3 Å². The molecule has 6 heteroatoms. The van der Waals surface area contributed by atoms with Crippen molar-refractivity contribution < 1.29 is 14.3 Å². The molecule has 1 aromatic heterocycles. The SMILES string of the molecule is CCCC1CCCCN1C(=O)[C@H]1CCC[C@@H](c2cccc(-n3ncc(C(=O)OC)c3C3CC3)c2)C1. The highest BCUT2D eigenvalue weighted by Crippen LogP contribution is 2.43. The van der Waals surface area contributed by atoms with Gasteiger partial charge in [0.2, 0.25) is 5.91 Å². The smallest absolute Gasteiger partial charge is 0.341 e. The van der Waals surface area contributed by atoms with E-state index >= 15 is 0 Å². The number of esters is 1. The molecule has 0 N–H and O–H groups in total. The lowest BCUT2D eigenvalue weighted by molar-refractivity contribution is -0.140. The summed E-state index contributed by atoms with van der Waals surface area (Å²) in [5, 5.41) is 4.59. The summed E-state index contributed by atoms with van der Waals surface area (Å²) in [6.07, 6.45) is 13.8. The second-order valence-electron chi connectivity index (χ2n) is 10.7. The highest BCUT2D eigenvalue weighted by atomic mass is 16.5. The van der Waals surface area contributed by atoms with Gasteiger partial charge in [-0.1, -0.05) is 31.9 Å². The third-order valence-corrected chi connectivity index (χ3v) is 8.32. The van der Waals surface area contributed by atoms with Crippen LogP contribution in [0.25, 0.3) is 5.69 Å². The van der Waals surface area contributed by atoms with E-state index in [4.69, 9.17) is 4.74 Å². The molecule has 3 aliphatic rings. The first-order valence-corrected chi connectivity index (χ1v) is 13.7. The largest absolute Gasteiger partial charge is 0.465 e. The average molecular weight is 478 g/mol. The summed E-state index contributed by atoms with van der Waals surface area (Å²) >= 11 is 0. The van der Waals surface area contributed by atoms with Crippen molar-refractivity contribution in [2.24, 2.45) is 5.92 Å². The van der Waals surface area contributed by atoms with Crippen molar-refractivity contribution in [1.29, 1.82) is 0 Å². The van der Waals surface area contributed by atoms with Crippen LogP contribution in [0.5, 0.6) is 0 Å². The fourth-order valence-electron chi connectivity index (χ4n) is 6.37. The fraction of sp³-hybridized carbons (Fsp3) is 0.621. The zero-order chi connectivity index (χ0) is 24.4. The molecule has 1 amide bonds. The highest BCUT2D eigenvalue weighted by molar-refractivity contribution is 5.91. The number of methoxy groups -OCH3 is 1. The molecule has 3 atom stereocenters. The maximum atomic E-state index is 13.6. The number of nitrogens with zero attached hydrogens (tertiary/aromatic N) is 3. The fourth-order valence-corrected chi connectivity index (χ4v) is 6.37. The predicted molar refractivity (Wildman–Crippen MR) is 136 cm³/mol. The molecule has 3 fully saturated rings. The highest BCUT2D eigenvalue weighted by Gasteiger charge is 2.36. The number of amides is 1. The summed E-state index contributed by atoms with van der Waals surface area (Å²) in [6, 6.07) is 9.02. The van der Waals surface area contributed by atoms with E-state index in [1.54, 1.807) is 6.20 Å². The molecule has 6 nitrogen and oxygen atoms in total. The maximum Gasteiger partial charge on any atom is 0.341 e. The molecule has 0 spiro atoms. The van der Waals surface area contributed by atoms with Gasteiger partial charge in [-0.05, 0) is 81.4 Å². The van der Waals surface area contributed by atoms with Crippen LogP contribution >= 0.6 is 0 Å². The lowest BCUT2D eigenvalue weighted by Crippen LogP contribution is -2.47. The molecule has 1 aliphatic heterocycles. The van der Waals surface area contributed by atoms with E-state index in [1.807, 2.05) is 4.68 Å². The number of aromatic nitrogens is 2. The van der Waals surface area contributed by atoms with Gasteiger partial charge in [-0.25, -0.2) is 9.48 Å². The van der Waals surface area contributed by atoms with Crippen molar-refractivity contribution in [3.8, 4) is 5.69 Å². The Labute approximate surface area is 209 Å². The van der Waals surface area contributed by atoms with Crippen LogP contribution in [0.2, 0.25) is 0 Å². The van der Waals surface area contributed by atoms with Gasteiger partial charge >= 0.3 is 5.97 Å². The van der Waals surface area contributed by atoms with Crippen LogP contribution in [0.4, 0.5) is 0 Å². The molecule has 2 saturated carbocycles. The van der Waals surface area contributed by atoms with Gasteiger partial charge in [0.1, 0.15) is 5.56 Å². The van der Waals surface area contributed by atoms with Gasteiger partial charge < -0.3 is 9.64 Å². The third-order valence-electron chi connectivity index (χ3n) is 8.32. The maximum absolute atomic E-state index is 13.6. The van der Waals surface area contributed by atoms with Gasteiger partial charge in [0.25, 0.3) is 0 Å². The van der Waals surface area contributed by atoms with E-state index < -0.39 is 0 Å². The van der Waals surface area contributed by atoms with Crippen molar-refractivity contribution in [3.63, 3.8) is 0 Å². The lowest BCUT2D eigenvalue weighted by Gasteiger charge is -2.40. The van der Waals surface area contributed by atoms with E-state index in [0.717, 1.165) is 75.7 Å². The average Bonchev–Trinajstić information content (AvgIpc) is 3.65. The summed E-state index contributed by atoms with van der Waals surface area (Å²) in [5.74, 6) is 0.962. The van der Waals surface area contributed by atoms with Crippen molar-refractivity contribution >= 4 is 11.9 Å². The van der Waals surface area contributed by atoms with Gasteiger partial charge in [-0.15, -0.1) is 0 Å². The normalized spacial score (nSPS) is 24.9. The van der Waals surface area contributed by atoms with E-state index in [9.17, 15) is 9.59 Å². The van der Waals surface area contributed by atoms with E-state index in [1.165, 1.54) is 25.5 Å². The Morgan fingerprint density at radius 2 is 1.91 bits per heavy atom. The second kappa shape index (κ2) is 10.5. The number of carbonyl (C=O) groups is 2. The van der Waals surface area contributed by atoms with E-state index in [2.05, 4.69) is 41.2 Å². The molecule has 0 radical (unpaired) electrons. The first-order chi connectivity index (χ1) is 17.1. The van der Waals surface area contributed by atoms with Crippen molar-refractivity contribution in [2.75, 3.05) is 13.7 Å². The Balaban J connectivity index is 1.35. The van der Waals surface area contributed by atoms with Crippen molar-refractivity contribution in [1.82, 2.24) is 14.7 Å². The van der Waals surface area contributed by atoms with Crippen LogP contribution in [-0.2, 0) is 9.53 Å². The Morgan fingerprint density at radius 1 is 1.06 bits per heavy atom. The lowest BCUT2D eigenvalue weighted by atomic mass is 9.77. The monoisotopic (exact) mass is 477 g/mol. The summed E-state index contributed by atoms with van der Waals surface area (Å²) in [7, 11) is 1.42. The van der Waals surface area contributed by atoms with Gasteiger partial charge in [0, 0.05) is 24.4 Å². The number of ether oxygens (including phenoxy) is 1. The molecule has 188 valence electrons. The number of hydrogen-bond acceptors (Lipinski definition) is 4. The third kappa shape index (κ3) is 5.03. The predicted octanol–water partition coefficient (Wildman–Crippen LogP) is 5.99. The quantitative estimate of drug-likeness (QED) is 0.460. The Morgan fingerprint density at radius 3 is 2.69 bits per heavy atom. The Bertz CT molecular complexity index is 1060. The first kappa shape index (κ1) is 24.1. The summed E-state index contributed by atoms with van der Waals surface area (Å²) in [6.45, 7) is 3.16. The minimum Gasteiger partial charge on any atom is -0.465 e. The van der Waals surface area contributed by atoms with Crippen molar-refractivity contribution in [3.05, 3.63) is 47.3 Å². The number of hydrogen-bond donors (Lipinski definition) is 0. The molecular formula is C29H39N3O3. The molecule has 35 heavy (non-hydrogen) atoms.